The van der Waals surface area contributed by atoms with Crippen LogP contribution in [0.3, 0.4) is 0 Å². The summed E-state index contributed by atoms with van der Waals surface area (Å²) in [5, 5.41) is 10.0. The lowest BCUT2D eigenvalue weighted by atomic mass is 10.2. The van der Waals surface area contributed by atoms with E-state index < -0.39 is 0 Å². The number of carbonyl (C=O) groups excluding carboxylic acids is 1. The third kappa shape index (κ3) is 3.69. The number of hydrogen-bond acceptors (Lipinski definition) is 5. The third-order valence-corrected chi connectivity index (χ3v) is 4.88. The molecule has 1 amide bonds. The number of amides is 1. The van der Waals surface area contributed by atoms with Crippen LogP contribution in [0.25, 0.3) is 16.7 Å². The van der Waals surface area contributed by atoms with Crippen LogP contribution in [0, 0.1) is 13.8 Å². The van der Waals surface area contributed by atoms with Crippen molar-refractivity contribution >= 4 is 22.6 Å². The first-order valence-corrected chi connectivity index (χ1v) is 9.42. The molecule has 0 atom stereocenters. The number of fused-ring (bicyclic) bond motifs is 1. The van der Waals surface area contributed by atoms with Crippen molar-refractivity contribution in [2.45, 2.75) is 20.4 Å². The average Bonchev–Trinajstić information content (AvgIpc) is 3.30. The van der Waals surface area contributed by atoms with Crippen LogP contribution in [-0.2, 0) is 6.54 Å². The highest BCUT2D eigenvalue weighted by Gasteiger charge is 2.15. The molecule has 0 radical (unpaired) electrons. The summed E-state index contributed by atoms with van der Waals surface area (Å²) in [5.74, 6) is 0.607. The molecule has 29 heavy (non-hydrogen) atoms. The van der Waals surface area contributed by atoms with E-state index in [2.05, 4.69) is 20.8 Å². The van der Waals surface area contributed by atoms with Crippen LogP contribution in [-0.4, -0.2) is 34.2 Å². The van der Waals surface area contributed by atoms with E-state index in [-0.39, 0.29) is 5.91 Å². The molecule has 8 nitrogen and oxygen atoms in total. The quantitative estimate of drug-likeness (QED) is 0.493. The van der Waals surface area contributed by atoms with Gasteiger partial charge in [0.25, 0.3) is 5.91 Å². The molecule has 3 aromatic heterocycles. The highest BCUT2D eigenvalue weighted by Crippen LogP contribution is 2.24. The molecule has 1 aromatic carbocycles. The second kappa shape index (κ2) is 7.75. The Morgan fingerprint density at radius 2 is 2.00 bits per heavy atom. The van der Waals surface area contributed by atoms with E-state index in [1.165, 1.54) is 0 Å². The molecular weight excluding hydrogens is 368 g/mol. The number of benzene rings is 1. The van der Waals surface area contributed by atoms with Crippen LogP contribution in [0.15, 0.2) is 53.6 Å². The summed E-state index contributed by atoms with van der Waals surface area (Å²) in [6.07, 6.45) is 5.68. The number of imidazole rings is 1. The normalized spacial score (nSPS) is 11.0. The molecule has 0 unspecified atom stereocenters. The summed E-state index contributed by atoms with van der Waals surface area (Å²) in [4.78, 5) is 17.0. The van der Waals surface area contributed by atoms with Gasteiger partial charge >= 0.3 is 0 Å². The number of aryl methyl sites for hydroxylation is 2. The van der Waals surface area contributed by atoms with Gasteiger partial charge in [0, 0.05) is 30.4 Å². The Balaban J connectivity index is 1.46. The predicted octanol–water partition coefficient (Wildman–Crippen LogP) is 2.39. The Morgan fingerprint density at radius 3 is 2.69 bits per heavy atom. The van der Waals surface area contributed by atoms with Gasteiger partial charge in [-0.15, -0.1) is 0 Å². The van der Waals surface area contributed by atoms with Gasteiger partial charge in [-0.3, -0.25) is 9.36 Å². The van der Waals surface area contributed by atoms with Crippen molar-refractivity contribution in [3.05, 3.63) is 66.1 Å². The molecule has 0 fully saturated rings. The van der Waals surface area contributed by atoms with Gasteiger partial charge in [0.2, 0.25) is 0 Å². The molecule has 0 aliphatic heterocycles. The number of aromatic nitrogens is 4. The number of pyridine rings is 1. The molecule has 0 saturated carbocycles. The first-order chi connectivity index (χ1) is 14.1. The molecule has 0 spiro atoms. The van der Waals surface area contributed by atoms with Crippen molar-refractivity contribution in [2.24, 2.45) is 0 Å². The van der Waals surface area contributed by atoms with E-state index in [1.54, 1.807) is 12.4 Å². The molecule has 2 N–H and O–H groups in total. The van der Waals surface area contributed by atoms with Gasteiger partial charge in [-0.2, -0.15) is 0 Å². The van der Waals surface area contributed by atoms with Gasteiger partial charge in [0.1, 0.15) is 17.7 Å². The third-order valence-electron chi connectivity index (χ3n) is 4.88. The van der Waals surface area contributed by atoms with E-state index in [0.717, 1.165) is 33.9 Å². The van der Waals surface area contributed by atoms with E-state index >= 15 is 0 Å². The van der Waals surface area contributed by atoms with Crippen molar-refractivity contribution in [2.75, 3.05) is 18.9 Å². The van der Waals surface area contributed by atoms with Gasteiger partial charge in [0.15, 0.2) is 24.7 Å². The van der Waals surface area contributed by atoms with Gasteiger partial charge in [0.05, 0.1) is 17.6 Å². The number of hydrogen-bond donors (Lipinski definition) is 2. The minimum absolute atomic E-state index is 0.119. The maximum atomic E-state index is 12.5. The second-order valence-electron chi connectivity index (χ2n) is 6.82. The summed E-state index contributed by atoms with van der Waals surface area (Å²) < 4.78 is 9.21. The van der Waals surface area contributed by atoms with Crippen LogP contribution in [0.5, 0.6) is 0 Å². The van der Waals surface area contributed by atoms with Crippen LogP contribution in [0.4, 0.5) is 5.69 Å². The van der Waals surface area contributed by atoms with Crippen molar-refractivity contribution in [3.63, 3.8) is 0 Å². The lowest BCUT2D eigenvalue weighted by Gasteiger charge is -2.05. The smallest absolute Gasteiger partial charge is 0.251 e. The molecular formula is C21H23N6O2+. The number of nitrogens with one attached hydrogen (secondary N) is 2. The molecule has 0 saturated heterocycles. The van der Waals surface area contributed by atoms with Crippen LogP contribution in [0.1, 0.15) is 21.8 Å². The Kier molecular flexibility index (Phi) is 4.99. The van der Waals surface area contributed by atoms with Crippen molar-refractivity contribution in [3.8, 4) is 5.69 Å². The van der Waals surface area contributed by atoms with E-state index in [4.69, 9.17) is 4.52 Å². The largest absolute Gasteiger partial charge is 0.388 e. The van der Waals surface area contributed by atoms with Crippen molar-refractivity contribution in [1.29, 1.82) is 0 Å². The molecule has 8 heteroatoms. The molecule has 0 bridgehead atoms. The zero-order chi connectivity index (χ0) is 20.4. The first-order valence-electron chi connectivity index (χ1n) is 9.42. The zero-order valence-corrected chi connectivity index (χ0v) is 16.6. The fraction of sp³-hybridized carbons (Fsp3) is 0.238. The molecule has 3 heterocycles. The van der Waals surface area contributed by atoms with Gasteiger partial charge in [-0.05, 0) is 32.0 Å². The number of carbonyl (C=O) groups is 1. The maximum absolute atomic E-state index is 12.5. The van der Waals surface area contributed by atoms with Crippen LogP contribution >= 0.6 is 0 Å². The van der Waals surface area contributed by atoms with Crippen molar-refractivity contribution < 1.29 is 13.9 Å². The Morgan fingerprint density at radius 1 is 1.21 bits per heavy atom. The number of anilines is 1. The number of rotatable bonds is 6. The van der Waals surface area contributed by atoms with Crippen molar-refractivity contribution in [1.82, 2.24) is 20.0 Å². The summed E-state index contributed by atoms with van der Waals surface area (Å²) in [6.45, 7) is 4.99. The summed E-state index contributed by atoms with van der Waals surface area (Å²) in [6, 6.07) is 9.49. The first kappa shape index (κ1) is 18.7. The lowest BCUT2D eigenvalue weighted by Crippen LogP contribution is -2.39. The monoisotopic (exact) mass is 391 g/mol. The van der Waals surface area contributed by atoms with E-state index in [0.29, 0.717) is 18.7 Å². The van der Waals surface area contributed by atoms with Crippen LogP contribution < -0.4 is 15.2 Å². The molecule has 148 valence electrons. The fourth-order valence-corrected chi connectivity index (χ4v) is 3.33. The predicted molar refractivity (Wildman–Crippen MR) is 109 cm³/mol. The maximum Gasteiger partial charge on any atom is 0.251 e. The Bertz CT molecular complexity index is 1140. The Labute approximate surface area is 168 Å². The number of nitrogens with zero attached hydrogens (tertiary/aromatic N) is 4. The van der Waals surface area contributed by atoms with Gasteiger partial charge < -0.3 is 15.2 Å². The highest BCUT2D eigenvalue weighted by atomic mass is 16.5. The standard InChI is InChI=1S/C21H22N6O2/c1-14-20(15(2)29-25-14)27-13-24-18-12-16(4-5-19(18)27)21(28)23-8-11-26-9-6-17(22-3)7-10-26/h4-7,9-10,12-13H,8,11H2,1-3H3,(H,23,28)/p+1. The molecule has 4 rings (SSSR count). The van der Waals surface area contributed by atoms with Crippen LogP contribution in [0.2, 0.25) is 0 Å². The summed E-state index contributed by atoms with van der Waals surface area (Å²) >= 11 is 0. The Hall–Kier alpha value is -3.68. The van der Waals surface area contributed by atoms with Gasteiger partial charge in [-0.1, -0.05) is 5.16 Å². The van der Waals surface area contributed by atoms with E-state index in [1.807, 2.05) is 66.7 Å². The average molecular weight is 391 g/mol. The fourth-order valence-electron chi connectivity index (χ4n) is 3.33. The molecule has 0 aliphatic rings. The van der Waals surface area contributed by atoms with Gasteiger partial charge in [-0.25, -0.2) is 9.55 Å². The minimum atomic E-state index is -0.119. The summed E-state index contributed by atoms with van der Waals surface area (Å²) in [5.41, 5.74) is 4.95. The molecule has 4 aromatic rings. The second-order valence-corrected chi connectivity index (χ2v) is 6.82. The SMILES string of the molecule is CNc1cc[n+](CCNC(=O)c2ccc3c(c2)ncn3-c2c(C)noc2C)cc1. The zero-order valence-electron chi connectivity index (χ0n) is 16.6. The topological polar surface area (TPSA) is 88.9 Å². The minimum Gasteiger partial charge on any atom is -0.388 e. The van der Waals surface area contributed by atoms with E-state index in [9.17, 15) is 4.79 Å². The summed E-state index contributed by atoms with van der Waals surface area (Å²) in [7, 11) is 1.88. The molecule has 0 aliphatic carbocycles. The lowest BCUT2D eigenvalue weighted by molar-refractivity contribution is -0.694. The highest BCUT2D eigenvalue weighted by molar-refractivity contribution is 5.97.